The highest BCUT2D eigenvalue weighted by Gasteiger charge is 2.37. The highest BCUT2D eigenvalue weighted by atomic mass is 127. The Morgan fingerprint density at radius 2 is 1.54 bits per heavy atom. The highest BCUT2D eigenvalue weighted by Crippen LogP contribution is 2.38. The molecule has 2 aromatic rings. The lowest BCUT2D eigenvalue weighted by Gasteiger charge is -2.27. The van der Waals surface area contributed by atoms with Gasteiger partial charge < -0.3 is 10.1 Å². The molecule has 2 aromatic carbocycles. The lowest BCUT2D eigenvalue weighted by molar-refractivity contribution is 0.0106. The van der Waals surface area contributed by atoms with Gasteiger partial charge in [0.15, 0.2) is 0 Å². The summed E-state index contributed by atoms with van der Waals surface area (Å²) in [6.07, 6.45) is 0.867. The standard InChI is InChI=1S/C15H20INO.C9H10O/c1-9(2)13-14(16)17-15(5,18-13)12-7-6-10(3)11(4)8-12;1-7-3-4-9(6-10)5-8(7)2/h6-9,17H,1-5H3;3-6H,1-2H3. The Kier molecular flexibility index (Phi) is 7.32. The molecule has 0 saturated carbocycles. The molecule has 0 saturated heterocycles. The van der Waals surface area contributed by atoms with Gasteiger partial charge in [0.2, 0.25) is 5.72 Å². The van der Waals surface area contributed by atoms with Crippen molar-refractivity contribution in [2.75, 3.05) is 0 Å². The molecule has 1 unspecified atom stereocenters. The number of halogens is 1. The van der Waals surface area contributed by atoms with Gasteiger partial charge in [0.05, 0.1) is 0 Å². The summed E-state index contributed by atoms with van der Waals surface area (Å²) in [6.45, 7) is 14.7. The SMILES string of the molecule is Cc1ccc(C2(C)NC(I)=C(C(C)C)O2)cc1C.Cc1ccc(C=O)cc1C. The molecule has 0 amide bonds. The Morgan fingerprint density at radius 1 is 0.964 bits per heavy atom. The second-order valence-corrected chi connectivity index (χ2v) is 8.93. The van der Waals surface area contributed by atoms with Gasteiger partial charge in [0, 0.05) is 17.0 Å². The smallest absolute Gasteiger partial charge is 0.204 e. The maximum atomic E-state index is 10.3. The van der Waals surface area contributed by atoms with Crippen molar-refractivity contribution in [2.24, 2.45) is 5.92 Å². The number of aryl methyl sites for hydroxylation is 4. The van der Waals surface area contributed by atoms with Crippen LogP contribution in [0.2, 0.25) is 0 Å². The van der Waals surface area contributed by atoms with Crippen LogP contribution in [-0.4, -0.2) is 6.29 Å². The molecule has 0 aromatic heterocycles. The van der Waals surface area contributed by atoms with Crippen LogP contribution in [0.5, 0.6) is 0 Å². The molecule has 150 valence electrons. The lowest BCUT2D eigenvalue weighted by Crippen LogP contribution is -2.35. The molecule has 1 atom stereocenters. The van der Waals surface area contributed by atoms with Crippen molar-refractivity contribution in [3.8, 4) is 0 Å². The summed E-state index contributed by atoms with van der Waals surface area (Å²) in [4.78, 5) is 10.3. The maximum Gasteiger partial charge on any atom is 0.204 e. The van der Waals surface area contributed by atoms with Crippen molar-refractivity contribution in [1.82, 2.24) is 5.32 Å². The molecule has 1 aliphatic heterocycles. The summed E-state index contributed by atoms with van der Waals surface area (Å²) in [5.74, 6) is 1.45. The predicted molar refractivity (Wildman–Crippen MR) is 125 cm³/mol. The number of ether oxygens (including phenoxy) is 1. The number of benzene rings is 2. The van der Waals surface area contributed by atoms with Gasteiger partial charge in [0.25, 0.3) is 0 Å². The molecule has 1 aliphatic rings. The molecule has 0 aliphatic carbocycles. The van der Waals surface area contributed by atoms with Crippen molar-refractivity contribution < 1.29 is 9.53 Å². The number of carbonyl (C=O) groups excluding carboxylic acids is 1. The molecule has 0 spiro atoms. The van der Waals surface area contributed by atoms with Gasteiger partial charge in [-0.15, -0.1) is 0 Å². The monoisotopic (exact) mass is 491 g/mol. The van der Waals surface area contributed by atoms with E-state index >= 15 is 0 Å². The Labute approximate surface area is 182 Å². The summed E-state index contributed by atoms with van der Waals surface area (Å²) in [5.41, 5.74) is 6.50. The molecule has 3 nitrogen and oxygen atoms in total. The van der Waals surface area contributed by atoms with Crippen LogP contribution in [0.15, 0.2) is 45.9 Å². The van der Waals surface area contributed by atoms with E-state index in [0.717, 1.165) is 21.3 Å². The number of nitrogens with one attached hydrogen (secondary N) is 1. The third-order valence-corrected chi connectivity index (χ3v) is 5.93. The zero-order valence-electron chi connectivity index (χ0n) is 17.8. The third kappa shape index (κ3) is 5.16. The van der Waals surface area contributed by atoms with Crippen molar-refractivity contribution in [1.29, 1.82) is 0 Å². The van der Waals surface area contributed by atoms with Gasteiger partial charge >= 0.3 is 0 Å². The van der Waals surface area contributed by atoms with E-state index in [1.807, 2.05) is 32.0 Å². The second kappa shape index (κ2) is 9.12. The van der Waals surface area contributed by atoms with E-state index in [0.29, 0.717) is 5.92 Å². The second-order valence-electron chi connectivity index (χ2n) is 7.85. The third-order valence-electron chi connectivity index (χ3n) is 5.13. The van der Waals surface area contributed by atoms with E-state index in [9.17, 15) is 4.79 Å². The summed E-state index contributed by atoms with van der Waals surface area (Å²) < 4.78 is 7.28. The highest BCUT2D eigenvalue weighted by molar-refractivity contribution is 14.1. The number of hydrogen-bond acceptors (Lipinski definition) is 3. The first-order chi connectivity index (χ1) is 13.1. The van der Waals surface area contributed by atoms with E-state index in [-0.39, 0.29) is 0 Å². The normalized spacial score (nSPS) is 18.3. The summed E-state index contributed by atoms with van der Waals surface area (Å²) in [5, 5.41) is 3.47. The van der Waals surface area contributed by atoms with Crippen LogP contribution >= 0.6 is 22.6 Å². The van der Waals surface area contributed by atoms with Gasteiger partial charge in [-0.05, 0) is 91.6 Å². The zero-order chi connectivity index (χ0) is 21.1. The molecular weight excluding hydrogens is 461 g/mol. The van der Waals surface area contributed by atoms with Gasteiger partial charge in [-0.25, -0.2) is 0 Å². The first kappa shape index (κ1) is 22.5. The lowest BCUT2D eigenvalue weighted by atomic mass is 9.99. The Morgan fingerprint density at radius 3 is 2.00 bits per heavy atom. The zero-order valence-corrected chi connectivity index (χ0v) is 20.0. The number of aldehydes is 1. The first-order valence-corrected chi connectivity index (χ1v) is 10.6. The van der Waals surface area contributed by atoms with Crippen LogP contribution in [0.1, 0.15) is 58.9 Å². The number of carbonyl (C=O) groups is 1. The van der Waals surface area contributed by atoms with E-state index in [4.69, 9.17) is 4.74 Å². The van der Waals surface area contributed by atoms with Crippen molar-refractivity contribution >= 4 is 28.9 Å². The topological polar surface area (TPSA) is 38.3 Å². The Balaban J connectivity index is 0.000000237. The predicted octanol–water partition coefficient (Wildman–Crippen LogP) is 6.47. The van der Waals surface area contributed by atoms with E-state index in [2.05, 4.69) is 80.7 Å². The van der Waals surface area contributed by atoms with Crippen LogP contribution in [0.4, 0.5) is 0 Å². The molecule has 1 N–H and O–H groups in total. The van der Waals surface area contributed by atoms with Gasteiger partial charge in [-0.1, -0.05) is 38.1 Å². The molecule has 1 heterocycles. The van der Waals surface area contributed by atoms with Crippen molar-refractivity contribution in [3.05, 3.63) is 79.2 Å². The molecule has 0 bridgehead atoms. The van der Waals surface area contributed by atoms with Crippen molar-refractivity contribution in [2.45, 2.75) is 54.2 Å². The summed E-state index contributed by atoms with van der Waals surface area (Å²) in [6, 6.07) is 12.2. The minimum absolute atomic E-state index is 0.401. The van der Waals surface area contributed by atoms with E-state index in [1.165, 1.54) is 27.8 Å². The van der Waals surface area contributed by atoms with Crippen LogP contribution in [-0.2, 0) is 10.5 Å². The van der Waals surface area contributed by atoms with E-state index in [1.54, 1.807) is 0 Å². The van der Waals surface area contributed by atoms with Gasteiger partial charge in [-0.2, -0.15) is 0 Å². The average Bonchev–Trinajstić information content (AvgIpc) is 2.96. The maximum absolute atomic E-state index is 10.3. The number of rotatable bonds is 3. The summed E-state index contributed by atoms with van der Waals surface area (Å²) >= 11 is 2.32. The molecule has 0 radical (unpaired) electrons. The van der Waals surface area contributed by atoms with E-state index < -0.39 is 5.72 Å². The van der Waals surface area contributed by atoms with Gasteiger partial charge in [-0.3, -0.25) is 4.79 Å². The van der Waals surface area contributed by atoms with Crippen LogP contribution < -0.4 is 5.32 Å². The largest absolute Gasteiger partial charge is 0.466 e. The quantitative estimate of drug-likeness (QED) is 0.304. The number of hydrogen-bond donors (Lipinski definition) is 1. The van der Waals surface area contributed by atoms with Crippen LogP contribution in [0, 0.1) is 33.6 Å². The minimum Gasteiger partial charge on any atom is -0.466 e. The number of allylic oxidation sites excluding steroid dienone is 1. The summed E-state index contributed by atoms with van der Waals surface area (Å²) in [7, 11) is 0. The molecule has 28 heavy (non-hydrogen) atoms. The molecular formula is C24H30INO2. The molecule has 3 rings (SSSR count). The average molecular weight is 491 g/mol. The van der Waals surface area contributed by atoms with Crippen molar-refractivity contribution in [3.63, 3.8) is 0 Å². The molecule has 4 heteroatoms. The Bertz CT molecular complexity index is 901. The van der Waals surface area contributed by atoms with Gasteiger partial charge in [0.1, 0.15) is 15.7 Å². The minimum atomic E-state index is -0.436. The molecule has 0 fully saturated rings. The fourth-order valence-electron chi connectivity index (χ4n) is 2.94. The first-order valence-electron chi connectivity index (χ1n) is 9.54. The van der Waals surface area contributed by atoms with Crippen LogP contribution in [0.3, 0.4) is 0 Å². The van der Waals surface area contributed by atoms with Crippen LogP contribution in [0.25, 0.3) is 0 Å². The Hall–Kier alpha value is -1.82. The fourth-order valence-corrected chi connectivity index (χ4v) is 4.19. The fraction of sp³-hybridized carbons (Fsp3) is 0.375.